The molecule has 286 valence electrons. The molecule has 1 aliphatic heterocycles. The summed E-state index contributed by atoms with van der Waals surface area (Å²) >= 11 is 0. The molecule has 3 aromatic rings. The lowest BCUT2D eigenvalue weighted by Gasteiger charge is -2.35. The third-order valence-electron chi connectivity index (χ3n) is 7.62. The number of aliphatic carboxylic acids is 2. The minimum atomic E-state index is -5.08. The van der Waals surface area contributed by atoms with Crippen LogP contribution in [0.25, 0.3) is 10.9 Å². The highest BCUT2D eigenvalue weighted by Crippen LogP contribution is 2.31. The molecule has 15 nitrogen and oxygen atoms in total. The van der Waals surface area contributed by atoms with Crippen molar-refractivity contribution < 1.29 is 66.4 Å². The molecule has 3 amide bonds. The number of aromatic nitrogens is 1. The SMILES string of the molecule is CCOC(=O)C(Oc1cc(C(=O)N[C@@H](CCC(=O)O)C(=O)N2CCN(C(=O)OCC)CC2)nc2cc(C)ccc12)c1ccccc1.O=C(O)C(F)(F)F. The van der Waals surface area contributed by atoms with Gasteiger partial charge in [-0.2, -0.15) is 13.2 Å². The van der Waals surface area contributed by atoms with Crippen LogP contribution in [0.2, 0.25) is 0 Å². The second kappa shape index (κ2) is 19.1. The number of hydrogen-bond donors (Lipinski definition) is 3. The number of aryl methyl sites for hydroxylation is 1. The van der Waals surface area contributed by atoms with Crippen LogP contribution in [0.5, 0.6) is 5.75 Å². The molecule has 0 saturated carbocycles. The van der Waals surface area contributed by atoms with Gasteiger partial charge in [-0.1, -0.05) is 36.4 Å². The van der Waals surface area contributed by atoms with Gasteiger partial charge in [0.25, 0.3) is 5.91 Å². The lowest BCUT2D eigenvalue weighted by molar-refractivity contribution is -0.192. The number of pyridine rings is 1. The normalized spacial score (nSPS) is 13.8. The van der Waals surface area contributed by atoms with Gasteiger partial charge in [0, 0.05) is 49.6 Å². The summed E-state index contributed by atoms with van der Waals surface area (Å²) in [7, 11) is 0. The summed E-state index contributed by atoms with van der Waals surface area (Å²) in [5, 5.41) is 19.7. The summed E-state index contributed by atoms with van der Waals surface area (Å²) in [6, 6.07) is 14.4. The molecular weight excluding hydrogens is 709 g/mol. The van der Waals surface area contributed by atoms with E-state index in [1.54, 1.807) is 56.3 Å². The van der Waals surface area contributed by atoms with Crippen molar-refractivity contribution in [3.63, 3.8) is 0 Å². The van der Waals surface area contributed by atoms with E-state index < -0.39 is 54.1 Å². The second-order valence-electron chi connectivity index (χ2n) is 11.5. The van der Waals surface area contributed by atoms with Crippen molar-refractivity contribution in [2.24, 2.45) is 0 Å². The Balaban J connectivity index is 0.000000980. The zero-order valence-corrected chi connectivity index (χ0v) is 29.1. The van der Waals surface area contributed by atoms with Crippen LogP contribution >= 0.6 is 0 Å². The number of carbonyl (C=O) groups excluding carboxylic acids is 4. The Labute approximate surface area is 301 Å². The fourth-order valence-electron chi connectivity index (χ4n) is 5.05. The molecule has 2 aromatic carbocycles. The smallest absolute Gasteiger partial charge is 0.481 e. The number of hydrogen-bond acceptors (Lipinski definition) is 10. The molecule has 1 saturated heterocycles. The molecule has 1 unspecified atom stereocenters. The quantitative estimate of drug-likeness (QED) is 0.224. The Morgan fingerprint density at radius 3 is 2.06 bits per heavy atom. The molecule has 18 heteroatoms. The van der Waals surface area contributed by atoms with Crippen LogP contribution in [0.1, 0.15) is 54.4 Å². The molecule has 0 spiro atoms. The average molecular weight is 749 g/mol. The summed E-state index contributed by atoms with van der Waals surface area (Å²) in [5.41, 5.74) is 1.74. The number of esters is 1. The van der Waals surface area contributed by atoms with E-state index in [1.807, 2.05) is 13.0 Å². The monoisotopic (exact) mass is 748 g/mol. The van der Waals surface area contributed by atoms with Crippen LogP contribution in [-0.4, -0.2) is 112 Å². The number of nitrogens with one attached hydrogen (secondary N) is 1. The van der Waals surface area contributed by atoms with Crippen LogP contribution in [0.4, 0.5) is 18.0 Å². The number of fused-ring (bicyclic) bond motifs is 1. The number of benzene rings is 2. The number of nitrogens with zero attached hydrogens (tertiary/aromatic N) is 3. The van der Waals surface area contributed by atoms with Crippen molar-refractivity contribution in [3.05, 3.63) is 71.4 Å². The largest absolute Gasteiger partial charge is 0.490 e. The first-order valence-corrected chi connectivity index (χ1v) is 16.4. The van der Waals surface area contributed by atoms with E-state index in [2.05, 4.69) is 10.3 Å². The topological polar surface area (TPSA) is 202 Å². The number of carboxylic acid groups (broad SMARTS) is 2. The van der Waals surface area contributed by atoms with Crippen molar-refractivity contribution in [3.8, 4) is 5.75 Å². The molecule has 1 aliphatic rings. The fourth-order valence-corrected chi connectivity index (χ4v) is 5.05. The lowest BCUT2D eigenvalue weighted by atomic mass is 10.1. The van der Waals surface area contributed by atoms with E-state index in [0.717, 1.165) is 5.56 Å². The summed E-state index contributed by atoms with van der Waals surface area (Å²) < 4.78 is 48.3. The third kappa shape index (κ3) is 12.1. The van der Waals surface area contributed by atoms with Gasteiger partial charge >= 0.3 is 30.2 Å². The number of ether oxygens (including phenoxy) is 3. The molecule has 1 aromatic heterocycles. The van der Waals surface area contributed by atoms with Crippen LogP contribution in [0.3, 0.4) is 0 Å². The molecule has 1 fully saturated rings. The fraction of sp³-hybridized carbons (Fsp3) is 0.400. The maximum atomic E-state index is 13.7. The van der Waals surface area contributed by atoms with Gasteiger partial charge in [-0.25, -0.2) is 19.4 Å². The zero-order chi connectivity index (χ0) is 39.3. The van der Waals surface area contributed by atoms with Gasteiger partial charge in [0.05, 0.1) is 18.7 Å². The van der Waals surface area contributed by atoms with Crippen LogP contribution in [0, 0.1) is 6.92 Å². The van der Waals surface area contributed by atoms with Gasteiger partial charge in [-0.3, -0.25) is 14.4 Å². The number of rotatable bonds is 12. The Kier molecular flexibility index (Phi) is 14.9. The van der Waals surface area contributed by atoms with E-state index >= 15 is 0 Å². The second-order valence-corrected chi connectivity index (χ2v) is 11.5. The molecule has 4 rings (SSSR count). The molecule has 0 aliphatic carbocycles. The standard InChI is InChI=1S/C33H38N4O9.C2HF3O2/c1-4-44-32(42)29(22-9-7-6-8-10-22)46-27-20-26(34-25-19-21(3)11-12-23(25)27)30(40)35-24(13-14-28(38)39)31(41)36-15-17-37(18-16-36)33(43)45-5-2;3-2(4,5)1(6)7/h6-12,19-20,24,29H,4-5,13-18H2,1-3H3,(H,35,40)(H,38,39);(H,6,7)/t24-,29?;/m0./s1. The molecular formula is C35H39F3N4O11. The lowest BCUT2D eigenvalue weighted by Crippen LogP contribution is -2.56. The number of piperazine rings is 1. The van der Waals surface area contributed by atoms with E-state index in [1.165, 1.54) is 15.9 Å². The minimum Gasteiger partial charge on any atom is -0.481 e. The predicted octanol–water partition coefficient (Wildman–Crippen LogP) is 4.12. The van der Waals surface area contributed by atoms with Crippen molar-refractivity contribution in [2.45, 2.75) is 51.9 Å². The molecule has 0 bridgehead atoms. The first kappa shape index (κ1) is 41.5. The van der Waals surface area contributed by atoms with Gasteiger partial charge in [-0.15, -0.1) is 0 Å². The van der Waals surface area contributed by atoms with Gasteiger partial charge in [0.15, 0.2) is 0 Å². The first-order valence-electron chi connectivity index (χ1n) is 16.4. The van der Waals surface area contributed by atoms with Gasteiger partial charge in [-0.05, 0) is 44.9 Å². The zero-order valence-electron chi connectivity index (χ0n) is 29.1. The molecule has 0 radical (unpaired) electrons. The Morgan fingerprint density at radius 1 is 0.887 bits per heavy atom. The average Bonchev–Trinajstić information content (AvgIpc) is 3.12. The molecule has 53 heavy (non-hydrogen) atoms. The third-order valence-corrected chi connectivity index (χ3v) is 7.62. The van der Waals surface area contributed by atoms with E-state index in [9.17, 15) is 42.3 Å². The highest BCUT2D eigenvalue weighted by molar-refractivity contribution is 5.99. The van der Waals surface area contributed by atoms with Crippen LogP contribution in [0.15, 0.2) is 54.6 Å². The Bertz CT molecular complexity index is 1780. The van der Waals surface area contributed by atoms with E-state index in [-0.39, 0.29) is 63.7 Å². The highest BCUT2D eigenvalue weighted by Gasteiger charge is 2.38. The number of alkyl halides is 3. The number of carboxylic acids is 2. The van der Waals surface area contributed by atoms with E-state index in [0.29, 0.717) is 16.5 Å². The Morgan fingerprint density at radius 2 is 1.49 bits per heavy atom. The summed E-state index contributed by atoms with van der Waals surface area (Å²) in [6.07, 6.45) is -7.22. The van der Waals surface area contributed by atoms with Crippen molar-refractivity contribution in [1.29, 1.82) is 0 Å². The van der Waals surface area contributed by atoms with Crippen LogP contribution in [-0.2, 0) is 28.7 Å². The van der Waals surface area contributed by atoms with E-state index in [4.69, 9.17) is 24.1 Å². The summed E-state index contributed by atoms with van der Waals surface area (Å²) in [4.78, 5) is 80.1. The van der Waals surface area contributed by atoms with Crippen molar-refractivity contribution in [2.75, 3.05) is 39.4 Å². The number of carbonyl (C=O) groups is 6. The predicted molar refractivity (Wildman–Crippen MR) is 180 cm³/mol. The van der Waals surface area contributed by atoms with Gasteiger partial charge in [0.1, 0.15) is 17.5 Å². The molecule has 2 atom stereocenters. The maximum absolute atomic E-state index is 13.7. The Hall–Kier alpha value is -5.94. The minimum absolute atomic E-state index is 0.0935. The number of halogens is 3. The van der Waals surface area contributed by atoms with Crippen molar-refractivity contribution in [1.82, 2.24) is 20.1 Å². The number of amides is 3. The summed E-state index contributed by atoms with van der Waals surface area (Å²) in [6.45, 7) is 6.48. The molecule has 3 N–H and O–H groups in total. The highest BCUT2D eigenvalue weighted by atomic mass is 19.4. The molecule has 2 heterocycles. The van der Waals surface area contributed by atoms with Crippen molar-refractivity contribution >= 4 is 46.7 Å². The van der Waals surface area contributed by atoms with Gasteiger partial charge in [0.2, 0.25) is 12.0 Å². The first-order chi connectivity index (χ1) is 25.0. The maximum Gasteiger partial charge on any atom is 0.490 e. The summed E-state index contributed by atoms with van der Waals surface area (Å²) in [5.74, 6) is -5.50. The van der Waals surface area contributed by atoms with Crippen LogP contribution < -0.4 is 10.1 Å². The van der Waals surface area contributed by atoms with Gasteiger partial charge < -0.3 is 39.5 Å².